The molecule has 5 nitrogen and oxygen atoms in total. The Balaban J connectivity index is 1.42. The van der Waals surface area contributed by atoms with Gasteiger partial charge in [-0.25, -0.2) is 13.1 Å². The Hall–Kier alpha value is -1.21. The maximum absolute atomic E-state index is 12.2. The van der Waals surface area contributed by atoms with E-state index in [4.69, 9.17) is 4.74 Å². The molecular formula is C20H30N2O3S. The molecule has 0 spiro atoms. The minimum absolute atomic E-state index is 0.425. The van der Waals surface area contributed by atoms with Crippen molar-refractivity contribution in [2.24, 2.45) is 5.92 Å². The average molecular weight is 379 g/mol. The van der Waals surface area contributed by atoms with Gasteiger partial charge in [-0.2, -0.15) is 0 Å². The van der Waals surface area contributed by atoms with Gasteiger partial charge in [0.05, 0.1) is 0 Å². The van der Waals surface area contributed by atoms with Crippen LogP contribution in [-0.2, 0) is 14.8 Å². The predicted molar refractivity (Wildman–Crippen MR) is 105 cm³/mol. The minimum atomic E-state index is -3.38. The molecule has 0 bridgehead atoms. The first-order valence-electron chi connectivity index (χ1n) is 9.58. The van der Waals surface area contributed by atoms with Crippen molar-refractivity contribution in [3.8, 4) is 0 Å². The van der Waals surface area contributed by atoms with Crippen LogP contribution in [0.3, 0.4) is 0 Å². The normalized spacial score (nSPS) is 21.4. The Kier molecular flexibility index (Phi) is 6.86. The topological polar surface area (TPSA) is 58.6 Å². The van der Waals surface area contributed by atoms with Crippen molar-refractivity contribution in [3.63, 3.8) is 0 Å². The molecule has 1 N–H and O–H groups in total. The van der Waals surface area contributed by atoms with E-state index in [1.807, 2.05) is 31.2 Å². The number of ether oxygens (including phenoxy) is 1. The maximum atomic E-state index is 12.2. The second-order valence-corrected chi connectivity index (χ2v) is 9.08. The van der Waals surface area contributed by atoms with Crippen molar-refractivity contribution in [3.05, 3.63) is 40.8 Å². The molecule has 0 aromatic heterocycles. The van der Waals surface area contributed by atoms with E-state index in [1.165, 1.54) is 5.41 Å². The summed E-state index contributed by atoms with van der Waals surface area (Å²) in [5.74, 6) is 0.425. The van der Waals surface area contributed by atoms with Crippen molar-refractivity contribution < 1.29 is 13.2 Å². The van der Waals surface area contributed by atoms with Gasteiger partial charge < -0.3 is 9.64 Å². The number of piperidine rings is 1. The van der Waals surface area contributed by atoms with Crippen LogP contribution in [0.15, 0.2) is 29.7 Å². The first kappa shape index (κ1) is 19.5. The summed E-state index contributed by atoms with van der Waals surface area (Å²) in [5, 5.41) is 1.27. The fourth-order valence-corrected chi connectivity index (χ4v) is 4.60. The SMILES string of the molecule is Cc1ccc(/C=C/S(=O)(=O)NCC2CCN(C3CCOCC3)CC2)cc1. The van der Waals surface area contributed by atoms with Gasteiger partial charge in [-0.05, 0) is 63.3 Å². The number of benzene rings is 1. The molecule has 1 aromatic rings. The number of nitrogens with one attached hydrogen (secondary N) is 1. The number of likely N-dealkylation sites (tertiary alicyclic amines) is 1. The fraction of sp³-hybridized carbons (Fsp3) is 0.600. The zero-order valence-corrected chi connectivity index (χ0v) is 16.4. The van der Waals surface area contributed by atoms with Crippen molar-refractivity contribution in [1.82, 2.24) is 9.62 Å². The van der Waals surface area contributed by atoms with Crippen LogP contribution in [-0.4, -0.2) is 52.2 Å². The van der Waals surface area contributed by atoms with Crippen molar-refractivity contribution >= 4 is 16.1 Å². The molecule has 0 saturated carbocycles. The van der Waals surface area contributed by atoms with E-state index in [9.17, 15) is 8.42 Å². The van der Waals surface area contributed by atoms with Gasteiger partial charge in [0.25, 0.3) is 0 Å². The largest absolute Gasteiger partial charge is 0.381 e. The van der Waals surface area contributed by atoms with Crippen molar-refractivity contribution in [2.75, 3.05) is 32.8 Å². The molecule has 0 aliphatic carbocycles. The Labute approximate surface area is 157 Å². The van der Waals surface area contributed by atoms with Crippen LogP contribution in [0.2, 0.25) is 0 Å². The van der Waals surface area contributed by atoms with Gasteiger partial charge in [-0.3, -0.25) is 0 Å². The second kappa shape index (κ2) is 9.13. The van der Waals surface area contributed by atoms with Gasteiger partial charge in [0.2, 0.25) is 10.0 Å². The molecule has 0 radical (unpaired) electrons. The first-order chi connectivity index (χ1) is 12.5. The van der Waals surface area contributed by atoms with Crippen LogP contribution in [0.25, 0.3) is 6.08 Å². The summed E-state index contributed by atoms with van der Waals surface area (Å²) < 4.78 is 32.6. The average Bonchev–Trinajstić information content (AvgIpc) is 2.67. The molecule has 0 amide bonds. The molecule has 6 heteroatoms. The number of sulfonamides is 1. The second-order valence-electron chi connectivity index (χ2n) is 7.43. The highest BCUT2D eigenvalue weighted by Gasteiger charge is 2.26. The number of rotatable bonds is 6. The third-order valence-electron chi connectivity index (χ3n) is 5.45. The van der Waals surface area contributed by atoms with E-state index in [0.29, 0.717) is 18.5 Å². The lowest BCUT2D eigenvalue weighted by molar-refractivity contribution is 0.0214. The summed E-state index contributed by atoms with van der Waals surface area (Å²) >= 11 is 0. The van der Waals surface area contributed by atoms with Crippen LogP contribution in [0, 0.1) is 12.8 Å². The molecule has 26 heavy (non-hydrogen) atoms. The number of aryl methyl sites for hydroxylation is 1. The van der Waals surface area contributed by atoms with Crippen LogP contribution >= 0.6 is 0 Å². The van der Waals surface area contributed by atoms with Crippen LogP contribution < -0.4 is 4.72 Å². The van der Waals surface area contributed by atoms with Gasteiger partial charge in [-0.1, -0.05) is 29.8 Å². The molecule has 0 unspecified atom stereocenters. The van der Waals surface area contributed by atoms with E-state index in [2.05, 4.69) is 9.62 Å². The quantitative estimate of drug-likeness (QED) is 0.827. The highest BCUT2D eigenvalue weighted by atomic mass is 32.2. The Morgan fingerprint density at radius 2 is 1.77 bits per heavy atom. The van der Waals surface area contributed by atoms with Crippen LogP contribution in [0.1, 0.15) is 36.8 Å². The first-order valence-corrected chi connectivity index (χ1v) is 11.1. The van der Waals surface area contributed by atoms with Gasteiger partial charge in [0.1, 0.15) is 0 Å². The third-order valence-corrected chi connectivity index (χ3v) is 6.51. The van der Waals surface area contributed by atoms with Gasteiger partial charge in [0, 0.05) is 31.2 Å². The molecule has 2 aliphatic heterocycles. The summed E-state index contributed by atoms with van der Waals surface area (Å²) in [5.41, 5.74) is 2.06. The molecule has 2 saturated heterocycles. The summed E-state index contributed by atoms with van der Waals surface area (Å²) in [6, 6.07) is 8.46. The molecule has 2 heterocycles. The van der Waals surface area contributed by atoms with Crippen LogP contribution in [0.4, 0.5) is 0 Å². The third kappa shape index (κ3) is 5.91. The van der Waals surface area contributed by atoms with E-state index >= 15 is 0 Å². The summed E-state index contributed by atoms with van der Waals surface area (Å²) in [4.78, 5) is 2.56. The lowest BCUT2D eigenvalue weighted by Gasteiger charge is -2.39. The van der Waals surface area contributed by atoms with E-state index in [-0.39, 0.29) is 0 Å². The van der Waals surface area contributed by atoms with Crippen molar-refractivity contribution in [1.29, 1.82) is 0 Å². The molecule has 2 fully saturated rings. The zero-order valence-electron chi connectivity index (χ0n) is 15.6. The Morgan fingerprint density at radius 1 is 1.12 bits per heavy atom. The summed E-state index contributed by atoms with van der Waals surface area (Å²) in [7, 11) is -3.38. The smallest absolute Gasteiger partial charge is 0.233 e. The number of nitrogens with zero attached hydrogens (tertiary/aromatic N) is 1. The van der Waals surface area contributed by atoms with Gasteiger partial charge in [-0.15, -0.1) is 0 Å². The monoisotopic (exact) mass is 378 g/mol. The standard InChI is InChI=1S/C20H30N2O3S/c1-17-2-4-18(5-3-17)10-15-26(23,24)21-16-19-6-11-22(12-7-19)20-8-13-25-14-9-20/h2-5,10,15,19-21H,6-9,11-14,16H2,1H3/b15-10+. The van der Waals surface area contributed by atoms with Crippen molar-refractivity contribution in [2.45, 2.75) is 38.6 Å². The molecule has 0 atom stereocenters. The van der Waals surface area contributed by atoms with E-state index in [1.54, 1.807) is 6.08 Å². The van der Waals surface area contributed by atoms with Gasteiger partial charge >= 0.3 is 0 Å². The van der Waals surface area contributed by atoms with E-state index in [0.717, 1.165) is 63.1 Å². The molecule has 3 rings (SSSR count). The Bertz CT molecular complexity index is 686. The molecule has 1 aromatic carbocycles. The van der Waals surface area contributed by atoms with Crippen LogP contribution in [0.5, 0.6) is 0 Å². The molecule has 144 valence electrons. The predicted octanol–water partition coefficient (Wildman–Crippen LogP) is 2.78. The molecule has 2 aliphatic rings. The minimum Gasteiger partial charge on any atom is -0.381 e. The van der Waals surface area contributed by atoms with Gasteiger partial charge in [0.15, 0.2) is 0 Å². The molecular weight excluding hydrogens is 348 g/mol. The Morgan fingerprint density at radius 3 is 2.42 bits per heavy atom. The number of hydrogen-bond donors (Lipinski definition) is 1. The highest BCUT2D eigenvalue weighted by molar-refractivity contribution is 7.92. The lowest BCUT2D eigenvalue weighted by atomic mass is 9.94. The number of hydrogen-bond acceptors (Lipinski definition) is 4. The summed E-state index contributed by atoms with van der Waals surface area (Å²) in [6.45, 7) is 6.42. The summed E-state index contributed by atoms with van der Waals surface area (Å²) in [6.07, 6.45) is 6.01. The lowest BCUT2D eigenvalue weighted by Crippen LogP contribution is -2.45. The van der Waals surface area contributed by atoms with E-state index < -0.39 is 10.0 Å². The highest BCUT2D eigenvalue weighted by Crippen LogP contribution is 2.23. The zero-order chi connectivity index (χ0) is 18.4. The fourth-order valence-electron chi connectivity index (χ4n) is 3.70. The maximum Gasteiger partial charge on any atom is 0.233 e.